The van der Waals surface area contributed by atoms with Gasteiger partial charge in [-0.05, 0) is 30.5 Å². The van der Waals surface area contributed by atoms with Gasteiger partial charge in [-0.15, -0.1) is 12.4 Å². The van der Waals surface area contributed by atoms with Gasteiger partial charge in [-0.1, -0.05) is 30.3 Å². The van der Waals surface area contributed by atoms with Crippen LogP contribution < -0.4 is 10.9 Å². The summed E-state index contributed by atoms with van der Waals surface area (Å²) in [6, 6.07) is 14.5. The molecular weight excluding hydrogens is 444 g/mol. The molecule has 0 unspecified atom stereocenters. The number of fused-ring (bicyclic) bond motifs is 4. The molecule has 0 radical (unpaired) electrons. The van der Waals surface area contributed by atoms with E-state index in [1.54, 1.807) is 24.4 Å². The van der Waals surface area contributed by atoms with Crippen molar-refractivity contribution in [1.82, 2.24) is 19.6 Å². The van der Waals surface area contributed by atoms with Crippen molar-refractivity contribution < 1.29 is 15.0 Å². The minimum atomic E-state index is -0.768. The van der Waals surface area contributed by atoms with Crippen molar-refractivity contribution in [2.45, 2.75) is 25.2 Å². The number of hydrogen-bond donors (Lipinski definition) is 3. The zero-order valence-electron chi connectivity index (χ0n) is 18.0. The predicted octanol–water partition coefficient (Wildman–Crippen LogP) is 1.58. The molecule has 2 aromatic heterocycles. The third-order valence-electron chi connectivity index (χ3n) is 6.02. The molecule has 172 valence electrons. The van der Waals surface area contributed by atoms with Crippen molar-refractivity contribution in [3.05, 3.63) is 70.6 Å². The smallest absolute Gasteiger partial charge is 0.265 e. The lowest BCUT2D eigenvalue weighted by Gasteiger charge is -2.21. The second-order valence-electron chi connectivity index (χ2n) is 8.44. The maximum atomic E-state index is 13.2. The van der Waals surface area contributed by atoms with Crippen LogP contribution in [0.4, 0.5) is 0 Å². The molecule has 1 amide bonds. The van der Waals surface area contributed by atoms with Gasteiger partial charge in [0, 0.05) is 37.3 Å². The highest BCUT2D eigenvalue weighted by Gasteiger charge is 2.30. The maximum absolute atomic E-state index is 13.2. The topological polar surface area (TPSA) is 107 Å². The number of pyridine rings is 1. The van der Waals surface area contributed by atoms with Gasteiger partial charge in [0.2, 0.25) is 0 Å². The maximum Gasteiger partial charge on any atom is 0.265 e. The lowest BCUT2D eigenvalue weighted by Crippen LogP contribution is -2.42. The summed E-state index contributed by atoms with van der Waals surface area (Å²) in [5, 5.41) is 24.7. The second kappa shape index (κ2) is 9.07. The summed E-state index contributed by atoms with van der Waals surface area (Å²) >= 11 is 0. The molecule has 0 aliphatic carbocycles. The first-order valence-electron chi connectivity index (χ1n) is 10.6. The fourth-order valence-corrected chi connectivity index (χ4v) is 4.47. The van der Waals surface area contributed by atoms with Crippen LogP contribution in [0.3, 0.4) is 0 Å². The van der Waals surface area contributed by atoms with Gasteiger partial charge in [-0.3, -0.25) is 18.9 Å². The molecule has 0 bridgehead atoms. The highest BCUT2D eigenvalue weighted by molar-refractivity contribution is 6.07. The van der Waals surface area contributed by atoms with Crippen LogP contribution in [0, 0.1) is 0 Å². The highest BCUT2D eigenvalue weighted by atomic mass is 35.5. The number of nitrogens with zero attached hydrogens (tertiary/aromatic N) is 3. The van der Waals surface area contributed by atoms with Crippen LogP contribution in [0.25, 0.3) is 27.3 Å². The number of amides is 1. The number of halogens is 1. The van der Waals surface area contributed by atoms with E-state index in [-0.39, 0.29) is 29.9 Å². The minimum absolute atomic E-state index is 0. The zero-order valence-corrected chi connectivity index (χ0v) is 18.8. The van der Waals surface area contributed by atoms with Gasteiger partial charge in [0.1, 0.15) is 0 Å². The van der Waals surface area contributed by atoms with Crippen molar-refractivity contribution in [3.63, 3.8) is 0 Å². The van der Waals surface area contributed by atoms with Gasteiger partial charge in [0.15, 0.2) is 5.65 Å². The van der Waals surface area contributed by atoms with Crippen molar-refractivity contribution in [2.24, 2.45) is 0 Å². The Kier molecular flexibility index (Phi) is 6.36. The van der Waals surface area contributed by atoms with Crippen LogP contribution in [0.2, 0.25) is 0 Å². The normalized spacial score (nSPS) is 19.6. The third-order valence-corrected chi connectivity index (χ3v) is 6.02. The van der Waals surface area contributed by atoms with Gasteiger partial charge in [0.05, 0.1) is 28.7 Å². The fraction of sp³-hybridized carbons (Fsp3) is 0.292. The molecule has 0 saturated carbocycles. The molecule has 3 atom stereocenters. The van der Waals surface area contributed by atoms with E-state index in [0.717, 1.165) is 10.8 Å². The second-order valence-corrected chi connectivity index (χ2v) is 8.44. The monoisotopic (exact) mass is 468 g/mol. The molecule has 9 heteroatoms. The molecule has 5 rings (SSSR count). The van der Waals surface area contributed by atoms with Crippen molar-refractivity contribution in [3.8, 4) is 0 Å². The van der Waals surface area contributed by atoms with Gasteiger partial charge >= 0.3 is 0 Å². The summed E-state index contributed by atoms with van der Waals surface area (Å²) in [5.74, 6) is -0.331. The summed E-state index contributed by atoms with van der Waals surface area (Å²) in [5.41, 5.74) is 0.964. The number of hydrogen-bond acceptors (Lipinski definition) is 6. The Morgan fingerprint density at radius 3 is 2.58 bits per heavy atom. The number of β-amino-alcohol motifs (C(OH)–C–C–N with tert-alkyl or cyclic N) is 2. The van der Waals surface area contributed by atoms with Gasteiger partial charge in [-0.25, -0.2) is 4.98 Å². The Balaban J connectivity index is 0.00000259. The third kappa shape index (κ3) is 4.18. The van der Waals surface area contributed by atoms with Gasteiger partial charge in [-0.2, -0.15) is 0 Å². The average molecular weight is 469 g/mol. The first-order chi connectivity index (χ1) is 15.4. The van der Waals surface area contributed by atoms with Crippen LogP contribution in [0.1, 0.15) is 17.3 Å². The summed E-state index contributed by atoms with van der Waals surface area (Å²) in [4.78, 5) is 32.9. The molecular formula is C24H25ClN4O4. The van der Waals surface area contributed by atoms with E-state index < -0.39 is 12.2 Å². The summed E-state index contributed by atoms with van der Waals surface area (Å²) in [7, 11) is 0. The van der Waals surface area contributed by atoms with Gasteiger partial charge < -0.3 is 15.5 Å². The number of likely N-dealkylation sites (tertiary alicyclic amines) is 1. The summed E-state index contributed by atoms with van der Waals surface area (Å²) in [6.07, 6.45) is 0.0808. The summed E-state index contributed by atoms with van der Waals surface area (Å²) in [6.45, 7) is 3.09. The SMILES string of the molecule is C[C@@H](CN1C[C@H](O)[C@@H](O)C1)NC(=O)c1cccn2c(=O)c3ccc4ccccc4c3nc12.Cl. The van der Waals surface area contributed by atoms with Crippen molar-refractivity contribution in [2.75, 3.05) is 19.6 Å². The van der Waals surface area contributed by atoms with Crippen LogP contribution in [0.15, 0.2) is 59.5 Å². The zero-order chi connectivity index (χ0) is 22.4. The first-order valence-corrected chi connectivity index (χ1v) is 10.6. The largest absolute Gasteiger partial charge is 0.389 e. The number of carbonyl (C=O) groups excluding carboxylic acids is 1. The summed E-state index contributed by atoms with van der Waals surface area (Å²) < 4.78 is 1.41. The van der Waals surface area contributed by atoms with Crippen LogP contribution in [-0.4, -0.2) is 68.3 Å². The van der Waals surface area contributed by atoms with Crippen LogP contribution in [0.5, 0.6) is 0 Å². The average Bonchev–Trinajstić information content (AvgIpc) is 3.09. The first kappa shape index (κ1) is 23.1. The lowest BCUT2D eigenvalue weighted by molar-refractivity contribution is 0.0572. The Morgan fingerprint density at radius 1 is 1.09 bits per heavy atom. The Morgan fingerprint density at radius 2 is 1.82 bits per heavy atom. The Labute approximate surface area is 195 Å². The number of benzene rings is 2. The molecule has 1 fully saturated rings. The number of aliphatic hydroxyl groups is 2. The number of carbonyl (C=O) groups is 1. The number of nitrogens with one attached hydrogen (secondary N) is 1. The Bertz CT molecular complexity index is 1400. The van der Waals surface area contributed by atoms with E-state index in [4.69, 9.17) is 4.98 Å². The molecule has 1 aliphatic heterocycles. The van der Waals surface area contributed by atoms with E-state index in [1.165, 1.54) is 4.40 Å². The molecule has 8 nitrogen and oxygen atoms in total. The molecule has 4 aromatic rings. The number of aromatic nitrogens is 2. The molecule has 33 heavy (non-hydrogen) atoms. The number of aliphatic hydroxyl groups excluding tert-OH is 2. The Hall–Kier alpha value is -3.04. The molecule has 0 spiro atoms. The molecule has 1 aliphatic rings. The van der Waals surface area contributed by atoms with Crippen molar-refractivity contribution in [1.29, 1.82) is 0 Å². The van der Waals surface area contributed by atoms with E-state index in [9.17, 15) is 19.8 Å². The lowest BCUT2D eigenvalue weighted by atomic mass is 10.1. The molecule has 1 saturated heterocycles. The van der Waals surface area contributed by atoms with Crippen LogP contribution >= 0.6 is 12.4 Å². The highest BCUT2D eigenvalue weighted by Crippen LogP contribution is 2.23. The number of rotatable bonds is 4. The van der Waals surface area contributed by atoms with E-state index in [0.29, 0.717) is 41.7 Å². The predicted molar refractivity (Wildman–Crippen MR) is 129 cm³/mol. The molecule has 2 aromatic carbocycles. The quantitative estimate of drug-likeness (QED) is 0.310. The fourth-order valence-electron chi connectivity index (χ4n) is 4.47. The van der Waals surface area contributed by atoms with Crippen LogP contribution in [-0.2, 0) is 0 Å². The van der Waals surface area contributed by atoms with Gasteiger partial charge in [0.25, 0.3) is 11.5 Å². The molecule has 3 heterocycles. The standard InChI is InChI=1S/C24H24N4O4.ClH/c1-14(11-27-12-19(29)20(30)13-27)25-23(31)18-7-4-10-28-22(18)26-21-16-6-3-2-5-15(16)8-9-17(21)24(28)32;/h2-10,14,19-20,29-30H,11-13H2,1H3,(H,25,31);1H/t14-,19-,20-;/m0./s1. The van der Waals surface area contributed by atoms with Crippen molar-refractivity contribution >= 4 is 45.6 Å². The molecule has 3 N–H and O–H groups in total. The minimum Gasteiger partial charge on any atom is -0.389 e. The van der Waals surface area contributed by atoms with E-state index >= 15 is 0 Å². The van der Waals surface area contributed by atoms with E-state index in [1.807, 2.05) is 42.2 Å². The van der Waals surface area contributed by atoms with E-state index in [2.05, 4.69) is 5.32 Å².